The van der Waals surface area contributed by atoms with E-state index in [0.29, 0.717) is 17.6 Å². The van der Waals surface area contributed by atoms with Crippen LogP contribution in [-0.4, -0.2) is 21.6 Å². The molecule has 0 bridgehead atoms. The van der Waals surface area contributed by atoms with Crippen molar-refractivity contribution in [3.8, 4) is 6.01 Å². The first kappa shape index (κ1) is 16.2. The Morgan fingerprint density at radius 3 is 2.67 bits per heavy atom. The highest BCUT2D eigenvalue weighted by Crippen LogP contribution is 2.09. The average Bonchev–Trinajstić information content (AvgIpc) is 2.62. The zero-order valence-corrected chi connectivity index (χ0v) is 13.6. The molecule has 3 rings (SSSR count). The SMILES string of the molecule is O=c1[nH]c(OCCCCCCc2ccccc2)nc2ncccc12. The lowest BCUT2D eigenvalue weighted by Gasteiger charge is -2.05. The van der Waals surface area contributed by atoms with E-state index in [1.807, 2.05) is 6.07 Å². The van der Waals surface area contributed by atoms with Crippen molar-refractivity contribution in [3.63, 3.8) is 0 Å². The highest BCUT2D eigenvalue weighted by Gasteiger charge is 2.04. The second-order valence-corrected chi connectivity index (χ2v) is 5.74. The Balaban J connectivity index is 1.38. The summed E-state index contributed by atoms with van der Waals surface area (Å²) in [7, 11) is 0. The lowest BCUT2D eigenvalue weighted by molar-refractivity contribution is 0.282. The van der Waals surface area contributed by atoms with Crippen LogP contribution in [0.15, 0.2) is 53.5 Å². The summed E-state index contributed by atoms with van der Waals surface area (Å²) in [5.74, 6) is 0. The fourth-order valence-electron chi connectivity index (χ4n) is 2.62. The van der Waals surface area contributed by atoms with Gasteiger partial charge in [0, 0.05) is 6.20 Å². The summed E-state index contributed by atoms with van der Waals surface area (Å²) in [4.78, 5) is 22.8. The minimum atomic E-state index is -0.217. The Morgan fingerprint density at radius 1 is 0.958 bits per heavy atom. The van der Waals surface area contributed by atoms with Crippen molar-refractivity contribution in [2.24, 2.45) is 0 Å². The van der Waals surface area contributed by atoms with Crippen LogP contribution in [0.5, 0.6) is 6.01 Å². The summed E-state index contributed by atoms with van der Waals surface area (Å²) in [6.07, 6.45) is 7.13. The van der Waals surface area contributed by atoms with Gasteiger partial charge in [-0.3, -0.25) is 9.78 Å². The molecule has 0 amide bonds. The van der Waals surface area contributed by atoms with Crippen LogP contribution in [0, 0.1) is 0 Å². The molecule has 2 aromatic heterocycles. The lowest BCUT2D eigenvalue weighted by atomic mass is 10.1. The smallest absolute Gasteiger partial charge is 0.298 e. The number of aromatic nitrogens is 3. The third kappa shape index (κ3) is 4.41. The summed E-state index contributed by atoms with van der Waals surface area (Å²) in [5, 5.41) is 0.478. The second kappa shape index (κ2) is 8.24. The number of aromatic amines is 1. The number of unbranched alkanes of at least 4 members (excludes halogenated alkanes) is 3. The van der Waals surface area contributed by atoms with Gasteiger partial charge in [0.15, 0.2) is 5.65 Å². The minimum absolute atomic E-state index is 0.217. The van der Waals surface area contributed by atoms with Crippen LogP contribution in [0.2, 0.25) is 0 Å². The molecule has 3 aromatic rings. The molecule has 5 nitrogen and oxygen atoms in total. The van der Waals surface area contributed by atoms with Gasteiger partial charge in [-0.1, -0.05) is 43.2 Å². The number of nitrogens with zero attached hydrogens (tertiary/aromatic N) is 2. The fourth-order valence-corrected chi connectivity index (χ4v) is 2.62. The number of rotatable bonds is 8. The molecule has 0 saturated carbocycles. The maximum atomic E-state index is 11.9. The van der Waals surface area contributed by atoms with Gasteiger partial charge in [-0.2, -0.15) is 4.98 Å². The summed E-state index contributed by atoms with van der Waals surface area (Å²) >= 11 is 0. The Bertz CT molecular complexity index is 831. The van der Waals surface area contributed by atoms with Crippen molar-refractivity contribution in [1.82, 2.24) is 15.0 Å². The van der Waals surface area contributed by atoms with Crippen LogP contribution >= 0.6 is 0 Å². The van der Waals surface area contributed by atoms with Gasteiger partial charge in [-0.25, -0.2) is 4.98 Å². The molecule has 0 atom stereocenters. The number of benzene rings is 1. The van der Waals surface area contributed by atoms with E-state index in [9.17, 15) is 4.79 Å². The molecule has 0 aliphatic heterocycles. The van der Waals surface area contributed by atoms with Gasteiger partial charge < -0.3 is 4.74 Å². The molecule has 24 heavy (non-hydrogen) atoms. The van der Waals surface area contributed by atoms with Crippen LogP contribution in [0.1, 0.15) is 31.2 Å². The number of pyridine rings is 1. The third-order valence-electron chi connectivity index (χ3n) is 3.90. The number of aryl methyl sites for hydroxylation is 1. The average molecular weight is 323 g/mol. The van der Waals surface area contributed by atoms with Gasteiger partial charge in [-0.05, 0) is 37.0 Å². The van der Waals surface area contributed by atoms with E-state index >= 15 is 0 Å². The molecule has 0 saturated heterocycles. The molecular formula is C19H21N3O2. The largest absolute Gasteiger partial charge is 0.465 e. The number of nitrogens with one attached hydrogen (secondary N) is 1. The minimum Gasteiger partial charge on any atom is -0.465 e. The van der Waals surface area contributed by atoms with E-state index in [0.717, 1.165) is 19.3 Å². The van der Waals surface area contributed by atoms with Crippen LogP contribution < -0.4 is 10.3 Å². The van der Waals surface area contributed by atoms with Gasteiger partial charge in [0.1, 0.15) is 0 Å². The topological polar surface area (TPSA) is 67.9 Å². The van der Waals surface area contributed by atoms with E-state index in [4.69, 9.17) is 4.74 Å². The quantitative estimate of drug-likeness (QED) is 0.644. The molecule has 1 N–H and O–H groups in total. The van der Waals surface area contributed by atoms with Gasteiger partial charge in [-0.15, -0.1) is 0 Å². The zero-order valence-electron chi connectivity index (χ0n) is 13.6. The normalized spacial score (nSPS) is 10.8. The van der Waals surface area contributed by atoms with Crippen LogP contribution in [0.25, 0.3) is 11.0 Å². The molecule has 0 aliphatic carbocycles. The Hall–Kier alpha value is -2.69. The summed E-state index contributed by atoms with van der Waals surface area (Å²) in [5.41, 5.74) is 1.59. The number of hydrogen-bond donors (Lipinski definition) is 1. The van der Waals surface area contributed by atoms with Gasteiger partial charge in [0.05, 0.1) is 12.0 Å². The van der Waals surface area contributed by atoms with Crippen LogP contribution in [0.3, 0.4) is 0 Å². The fraction of sp³-hybridized carbons (Fsp3) is 0.316. The first-order chi connectivity index (χ1) is 11.8. The molecule has 0 unspecified atom stereocenters. The second-order valence-electron chi connectivity index (χ2n) is 5.74. The molecule has 5 heteroatoms. The van der Waals surface area contributed by atoms with Crippen LogP contribution in [-0.2, 0) is 6.42 Å². The number of ether oxygens (including phenoxy) is 1. The summed E-state index contributed by atoms with van der Waals surface area (Å²) in [6.45, 7) is 0.548. The Labute approximate surface area is 140 Å². The van der Waals surface area contributed by atoms with Crippen molar-refractivity contribution in [2.45, 2.75) is 32.1 Å². The van der Waals surface area contributed by atoms with E-state index in [1.54, 1.807) is 18.3 Å². The van der Waals surface area contributed by atoms with Crippen LogP contribution in [0.4, 0.5) is 0 Å². The summed E-state index contributed by atoms with van der Waals surface area (Å²) in [6, 6.07) is 14.2. The molecular weight excluding hydrogens is 302 g/mol. The number of fused-ring (bicyclic) bond motifs is 1. The molecule has 0 spiro atoms. The monoisotopic (exact) mass is 323 g/mol. The van der Waals surface area contributed by atoms with Gasteiger partial charge in [0.25, 0.3) is 11.6 Å². The van der Waals surface area contributed by atoms with Crippen molar-refractivity contribution >= 4 is 11.0 Å². The molecule has 0 aliphatic rings. The molecule has 2 heterocycles. The van der Waals surface area contributed by atoms with E-state index in [-0.39, 0.29) is 11.6 Å². The maximum absolute atomic E-state index is 11.9. The zero-order chi connectivity index (χ0) is 16.6. The standard InChI is InChI=1S/C19H21N3O2/c23-18-16-12-8-13-20-17(16)21-19(22-18)24-14-7-2-1-4-9-15-10-5-3-6-11-15/h3,5-6,8,10-13H,1-2,4,7,9,14H2,(H,20,21,22,23). The summed E-state index contributed by atoms with van der Waals surface area (Å²) < 4.78 is 5.55. The van der Waals surface area contributed by atoms with Crippen molar-refractivity contribution in [1.29, 1.82) is 0 Å². The van der Waals surface area contributed by atoms with Gasteiger partial charge >= 0.3 is 0 Å². The van der Waals surface area contributed by atoms with Crippen molar-refractivity contribution in [2.75, 3.05) is 6.61 Å². The maximum Gasteiger partial charge on any atom is 0.298 e. The van der Waals surface area contributed by atoms with Gasteiger partial charge in [0.2, 0.25) is 0 Å². The Morgan fingerprint density at radius 2 is 1.79 bits per heavy atom. The first-order valence-electron chi connectivity index (χ1n) is 8.35. The molecule has 1 aromatic carbocycles. The van der Waals surface area contributed by atoms with E-state index in [2.05, 4.69) is 39.2 Å². The predicted octanol–water partition coefficient (Wildman–Crippen LogP) is 3.50. The molecule has 0 fully saturated rings. The lowest BCUT2D eigenvalue weighted by Crippen LogP contribution is -2.12. The van der Waals surface area contributed by atoms with Crippen molar-refractivity contribution in [3.05, 3.63) is 64.6 Å². The number of H-pyrrole nitrogens is 1. The Kier molecular flexibility index (Phi) is 5.56. The third-order valence-corrected chi connectivity index (χ3v) is 3.90. The highest BCUT2D eigenvalue weighted by molar-refractivity contribution is 5.72. The number of hydrogen-bond acceptors (Lipinski definition) is 4. The van der Waals surface area contributed by atoms with E-state index in [1.165, 1.54) is 18.4 Å². The highest BCUT2D eigenvalue weighted by atomic mass is 16.5. The molecule has 0 radical (unpaired) electrons. The molecule has 124 valence electrons. The predicted molar refractivity (Wildman–Crippen MR) is 94.3 cm³/mol. The van der Waals surface area contributed by atoms with E-state index < -0.39 is 0 Å². The first-order valence-corrected chi connectivity index (χ1v) is 8.35. The van der Waals surface area contributed by atoms with Crippen molar-refractivity contribution < 1.29 is 4.74 Å².